The Bertz CT molecular complexity index is 576. The van der Waals surface area contributed by atoms with Crippen molar-refractivity contribution in [1.82, 2.24) is 4.98 Å². The van der Waals surface area contributed by atoms with Crippen LogP contribution in [0, 0.1) is 5.92 Å². The molecule has 0 aliphatic heterocycles. The molecule has 0 bridgehead atoms. The summed E-state index contributed by atoms with van der Waals surface area (Å²) in [7, 11) is 0. The van der Waals surface area contributed by atoms with Gasteiger partial charge in [0.1, 0.15) is 11.6 Å². The molecule has 1 aromatic carbocycles. The van der Waals surface area contributed by atoms with E-state index >= 15 is 0 Å². The molecule has 0 radical (unpaired) electrons. The number of nitrogens with one attached hydrogen (secondary N) is 1. The van der Waals surface area contributed by atoms with Crippen molar-refractivity contribution < 1.29 is 5.11 Å². The van der Waals surface area contributed by atoms with Gasteiger partial charge in [-0.2, -0.15) is 0 Å². The summed E-state index contributed by atoms with van der Waals surface area (Å²) in [6.07, 6.45) is 10.0. The molecule has 3 heteroatoms. The van der Waals surface area contributed by atoms with E-state index in [9.17, 15) is 5.11 Å². The van der Waals surface area contributed by atoms with Crippen molar-refractivity contribution in [3.05, 3.63) is 30.5 Å². The minimum Gasteiger partial charge on any atom is -0.508 e. The first kappa shape index (κ1) is 13.2. The van der Waals surface area contributed by atoms with E-state index in [1.165, 1.54) is 38.5 Å². The van der Waals surface area contributed by atoms with Gasteiger partial charge in [0.2, 0.25) is 0 Å². The van der Waals surface area contributed by atoms with E-state index in [4.69, 9.17) is 0 Å². The first-order valence-electron chi connectivity index (χ1n) is 7.64. The van der Waals surface area contributed by atoms with E-state index in [0.29, 0.717) is 5.75 Å². The van der Waals surface area contributed by atoms with Crippen molar-refractivity contribution >= 4 is 16.6 Å². The monoisotopic (exact) mass is 270 g/mol. The maximum absolute atomic E-state index is 9.63. The third-order valence-corrected chi connectivity index (χ3v) is 4.32. The predicted molar refractivity (Wildman–Crippen MR) is 83.1 cm³/mol. The molecular weight excluding hydrogens is 248 g/mol. The molecule has 3 nitrogen and oxygen atoms in total. The molecule has 1 saturated carbocycles. The molecule has 106 valence electrons. The van der Waals surface area contributed by atoms with Gasteiger partial charge in [-0.3, -0.25) is 0 Å². The smallest absolute Gasteiger partial charge is 0.133 e. The summed E-state index contributed by atoms with van der Waals surface area (Å²) in [5.74, 6) is 2.05. The van der Waals surface area contributed by atoms with E-state index in [2.05, 4.69) is 10.3 Å². The largest absolute Gasteiger partial charge is 0.508 e. The van der Waals surface area contributed by atoms with Crippen molar-refractivity contribution in [2.24, 2.45) is 5.92 Å². The lowest BCUT2D eigenvalue weighted by Crippen LogP contribution is -2.12. The molecule has 0 atom stereocenters. The Kier molecular flexibility index (Phi) is 4.05. The highest BCUT2D eigenvalue weighted by Gasteiger charge is 2.13. The number of aromatic hydroxyl groups is 1. The van der Waals surface area contributed by atoms with E-state index in [0.717, 1.165) is 29.1 Å². The van der Waals surface area contributed by atoms with Crippen LogP contribution >= 0.6 is 0 Å². The Balaban J connectivity index is 1.66. The zero-order valence-corrected chi connectivity index (χ0v) is 11.8. The van der Waals surface area contributed by atoms with Gasteiger partial charge in [-0.1, -0.05) is 38.2 Å². The normalized spacial score (nSPS) is 16.4. The number of phenolic OH excluding ortho intramolecular Hbond substituents is 1. The first-order chi connectivity index (χ1) is 9.83. The van der Waals surface area contributed by atoms with Crippen LogP contribution < -0.4 is 5.32 Å². The van der Waals surface area contributed by atoms with Gasteiger partial charge in [-0.15, -0.1) is 0 Å². The van der Waals surface area contributed by atoms with Crippen LogP contribution in [0.1, 0.15) is 38.5 Å². The van der Waals surface area contributed by atoms with Crippen LogP contribution in [0.15, 0.2) is 30.5 Å². The van der Waals surface area contributed by atoms with Gasteiger partial charge in [0.05, 0.1) is 0 Å². The number of hydrogen-bond acceptors (Lipinski definition) is 3. The van der Waals surface area contributed by atoms with Gasteiger partial charge in [-0.25, -0.2) is 4.98 Å². The lowest BCUT2D eigenvalue weighted by Gasteiger charge is -2.21. The Hall–Kier alpha value is -1.77. The van der Waals surface area contributed by atoms with E-state index < -0.39 is 0 Å². The molecule has 2 N–H and O–H groups in total. The van der Waals surface area contributed by atoms with E-state index in [-0.39, 0.29) is 0 Å². The SMILES string of the molecule is Oc1ccc2ccnc(NCCC3CCCCC3)c2c1. The van der Waals surface area contributed by atoms with Crippen molar-refractivity contribution in [3.8, 4) is 5.75 Å². The van der Waals surface area contributed by atoms with Gasteiger partial charge in [0, 0.05) is 18.1 Å². The summed E-state index contributed by atoms with van der Waals surface area (Å²) in [4.78, 5) is 4.41. The lowest BCUT2D eigenvalue weighted by molar-refractivity contribution is 0.345. The number of anilines is 1. The summed E-state index contributed by atoms with van der Waals surface area (Å²) in [5, 5.41) is 15.2. The Morgan fingerprint density at radius 2 is 2.00 bits per heavy atom. The molecule has 0 saturated heterocycles. The number of phenols is 1. The topological polar surface area (TPSA) is 45.2 Å². The van der Waals surface area contributed by atoms with Crippen LogP contribution in [-0.4, -0.2) is 16.6 Å². The zero-order chi connectivity index (χ0) is 13.8. The van der Waals surface area contributed by atoms with Crippen LogP contribution in [0.5, 0.6) is 5.75 Å². The standard InChI is InChI=1S/C17H22N2O/c20-15-7-6-14-9-11-19-17(16(14)12-15)18-10-8-13-4-2-1-3-5-13/h6-7,9,11-13,20H,1-5,8,10H2,(H,18,19). The average Bonchev–Trinajstić information content (AvgIpc) is 2.49. The molecule has 0 unspecified atom stereocenters. The predicted octanol–water partition coefficient (Wildman–Crippen LogP) is 4.32. The summed E-state index contributed by atoms with van der Waals surface area (Å²) in [6.45, 7) is 0.965. The molecule has 1 heterocycles. The van der Waals surface area contributed by atoms with Crippen LogP contribution in [0.2, 0.25) is 0 Å². The quantitative estimate of drug-likeness (QED) is 0.869. The zero-order valence-electron chi connectivity index (χ0n) is 11.8. The van der Waals surface area contributed by atoms with Gasteiger partial charge in [0.15, 0.2) is 0 Å². The van der Waals surface area contributed by atoms with Crippen molar-refractivity contribution in [3.63, 3.8) is 0 Å². The van der Waals surface area contributed by atoms with Crippen LogP contribution in [0.3, 0.4) is 0 Å². The summed E-state index contributed by atoms with van der Waals surface area (Å²) in [5.41, 5.74) is 0. The summed E-state index contributed by atoms with van der Waals surface area (Å²) in [6, 6.07) is 7.40. The maximum Gasteiger partial charge on any atom is 0.133 e. The third kappa shape index (κ3) is 3.03. The second-order valence-corrected chi connectivity index (χ2v) is 5.78. The van der Waals surface area contributed by atoms with Gasteiger partial charge in [0.25, 0.3) is 0 Å². The molecule has 1 aliphatic rings. The maximum atomic E-state index is 9.63. The van der Waals surface area contributed by atoms with E-state index in [1.54, 1.807) is 12.1 Å². The van der Waals surface area contributed by atoms with Crippen molar-refractivity contribution in [2.45, 2.75) is 38.5 Å². The highest BCUT2D eigenvalue weighted by molar-refractivity contribution is 5.92. The Labute approximate surface area is 120 Å². The molecule has 0 spiro atoms. The fourth-order valence-electron chi connectivity index (χ4n) is 3.17. The van der Waals surface area contributed by atoms with Crippen LogP contribution in [0.4, 0.5) is 5.82 Å². The van der Waals surface area contributed by atoms with Crippen LogP contribution in [-0.2, 0) is 0 Å². The fourth-order valence-corrected chi connectivity index (χ4v) is 3.17. The van der Waals surface area contributed by atoms with Gasteiger partial charge < -0.3 is 10.4 Å². The van der Waals surface area contributed by atoms with Gasteiger partial charge >= 0.3 is 0 Å². The first-order valence-corrected chi connectivity index (χ1v) is 7.64. The lowest BCUT2D eigenvalue weighted by atomic mass is 9.87. The fraction of sp³-hybridized carbons (Fsp3) is 0.471. The number of aromatic nitrogens is 1. The highest BCUT2D eigenvalue weighted by Crippen LogP contribution is 2.28. The number of benzene rings is 1. The Morgan fingerprint density at radius 3 is 2.85 bits per heavy atom. The summed E-state index contributed by atoms with van der Waals surface area (Å²) >= 11 is 0. The molecule has 3 rings (SSSR count). The minimum absolute atomic E-state index is 0.292. The molecule has 1 aliphatic carbocycles. The van der Waals surface area contributed by atoms with Crippen molar-refractivity contribution in [2.75, 3.05) is 11.9 Å². The van der Waals surface area contributed by atoms with Crippen molar-refractivity contribution in [1.29, 1.82) is 0 Å². The summed E-state index contributed by atoms with van der Waals surface area (Å²) < 4.78 is 0. The third-order valence-electron chi connectivity index (χ3n) is 4.32. The minimum atomic E-state index is 0.292. The number of fused-ring (bicyclic) bond motifs is 1. The molecule has 0 amide bonds. The second-order valence-electron chi connectivity index (χ2n) is 5.78. The molecule has 2 aromatic rings. The number of nitrogens with zero attached hydrogens (tertiary/aromatic N) is 1. The molecule has 1 aromatic heterocycles. The molecular formula is C17H22N2O. The second kappa shape index (κ2) is 6.12. The van der Waals surface area contributed by atoms with Crippen LogP contribution in [0.25, 0.3) is 10.8 Å². The number of pyridine rings is 1. The number of hydrogen-bond donors (Lipinski definition) is 2. The molecule has 1 fully saturated rings. The average molecular weight is 270 g/mol. The molecule has 20 heavy (non-hydrogen) atoms. The van der Waals surface area contributed by atoms with E-state index in [1.807, 2.05) is 18.3 Å². The Morgan fingerprint density at radius 1 is 1.15 bits per heavy atom. The van der Waals surface area contributed by atoms with Gasteiger partial charge in [-0.05, 0) is 35.9 Å². The highest BCUT2D eigenvalue weighted by atomic mass is 16.3. The number of rotatable bonds is 4.